The lowest BCUT2D eigenvalue weighted by molar-refractivity contribution is 0.0211. The number of hydrogen-bond acceptors (Lipinski definition) is 6. The zero-order valence-electron chi connectivity index (χ0n) is 17.6. The van der Waals surface area contributed by atoms with Crippen molar-refractivity contribution in [1.82, 2.24) is 5.32 Å². The maximum Gasteiger partial charge on any atom is 0.338 e. The van der Waals surface area contributed by atoms with Crippen LogP contribution in [-0.4, -0.2) is 37.3 Å². The van der Waals surface area contributed by atoms with Gasteiger partial charge in [-0.25, -0.2) is 4.79 Å². The van der Waals surface area contributed by atoms with E-state index in [1.165, 1.54) is 20.6 Å². The van der Waals surface area contributed by atoms with E-state index in [1.54, 1.807) is 42.5 Å². The smallest absolute Gasteiger partial charge is 0.338 e. The average molecular weight is 443 g/mol. The van der Waals surface area contributed by atoms with Gasteiger partial charge in [-0.3, -0.25) is 10.1 Å². The molecule has 0 saturated heterocycles. The first-order chi connectivity index (χ1) is 15.0. The lowest BCUT2D eigenvalue weighted by atomic mass is 9.98. The molecular weight excluding hydrogens is 416 g/mol. The second kappa shape index (κ2) is 10.8. The fourth-order valence-electron chi connectivity index (χ4n) is 3.37. The van der Waals surface area contributed by atoms with Gasteiger partial charge in [-0.15, -0.1) is 0 Å². The van der Waals surface area contributed by atoms with Crippen LogP contribution in [-0.2, 0) is 4.74 Å². The molecule has 1 aliphatic carbocycles. The molecule has 0 spiro atoms. The number of rotatable bonds is 6. The molecule has 1 saturated carbocycles. The zero-order chi connectivity index (χ0) is 22.2. The summed E-state index contributed by atoms with van der Waals surface area (Å²) in [5, 5.41) is 5.68. The van der Waals surface area contributed by atoms with Crippen molar-refractivity contribution in [2.75, 3.05) is 19.5 Å². The highest BCUT2D eigenvalue weighted by molar-refractivity contribution is 7.80. The third kappa shape index (κ3) is 6.42. The molecule has 0 unspecified atom stereocenters. The van der Waals surface area contributed by atoms with E-state index in [9.17, 15) is 9.59 Å². The minimum absolute atomic E-state index is 0.0112. The highest BCUT2D eigenvalue weighted by Crippen LogP contribution is 2.23. The Balaban J connectivity index is 1.55. The van der Waals surface area contributed by atoms with Crippen molar-refractivity contribution in [2.24, 2.45) is 0 Å². The van der Waals surface area contributed by atoms with Crippen molar-refractivity contribution in [1.29, 1.82) is 0 Å². The fraction of sp³-hybridized carbons (Fsp3) is 0.348. The van der Waals surface area contributed by atoms with Gasteiger partial charge in [0.15, 0.2) is 5.11 Å². The summed E-state index contributed by atoms with van der Waals surface area (Å²) >= 11 is 5.23. The monoisotopic (exact) mass is 442 g/mol. The van der Waals surface area contributed by atoms with E-state index < -0.39 is 5.91 Å². The van der Waals surface area contributed by atoms with E-state index in [0.29, 0.717) is 28.3 Å². The first kappa shape index (κ1) is 22.6. The van der Waals surface area contributed by atoms with Crippen LogP contribution < -0.4 is 20.1 Å². The maximum absolute atomic E-state index is 12.5. The van der Waals surface area contributed by atoms with Crippen LogP contribution in [0.2, 0.25) is 0 Å². The molecule has 31 heavy (non-hydrogen) atoms. The number of ether oxygens (including phenoxy) is 3. The van der Waals surface area contributed by atoms with Crippen molar-refractivity contribution >= 4 is 34.9 Å². The number of methoxy groups -OCH3 is 2. The molecule has 0 aliphatic heterocycles. The zero-order valence-corrected chi connectivity index (χ0v) is 18.4. The molecule has 0 heterocycles. The average Bonchev–Trinajstić information content (AvgIpc) is 2.79. The minimum atomic E-state index is -0.401. The molecule has 0 bridgehead atoms. The van der Waals surface area contributed by atoms with Crippen molar-refractivity contribution in [3.05, 3.63) is 53.6 Å². The molecule has 2 aromatic carbocycles. The predicted octanol–water partition coefficient (Wildman–Crippen LogP) is 4.32. The number of thiocarbonyl (C=S) groups is 1. The van der Waals surface area contributed by atoms with Crippen LogP contribution in [0, 0.1) is 0 Å². The van der Waals surface area contributed by atoms with Crippen LogP contribution in [0.15, 0.2) is 42.5 Å². The van der Waals surface area contributed by atoms with Crippen LogP contribution in [0.3, 0.4) is 0 Å². The number of carbonyl (C=O) groups is 2. The van der Waals surface area contributed by atoms with Crippen LogP contribution in [0.4, 0.5) is 5.69 Å². The molecule has 0 atom stereocenters. The topological polar surface area (TPSA) is 85.9 Å². The van der Waals surface area contributed by atoms with Gasteiger partial charge in [0.25, 0.3) is 5.91 Å². The van der Waals surface area contributed by atoms with Gasteiger partial charge in [0.2, 0.25) is 0 Å². The van der Waals surface area contributed by atoms with Crippen molar-refractivity contribution in [3.8, 4) is 11.5 Å². The Kier molecular flexibility index (Phi) is 7.83. The van der Waals surface area contributed by atoms with Gasteiger partial charge in [0.05, 0.1) is 19.8 Å². The minimum Gasteiger partial charge on any atom is -0.497 e. The summed E-state index contributed by atoms with van der Waals surface area (Å²) in [5.74, 6) is 0.279. The van der Waals surface area contributed by atoms with Crippen LogP contribution in [0.5, 0.6) is 11.5 Å². The van der Waals surface area contributed by atoms with Gasteiger partial charge < -0.3 is 19.5 Å². The van der Waals surface area contributed by atoms with E-state index in [1.807, 2.05) is 0 Å². The Hall–Kier alpha value is -3.13. The molecule has 164 valence electrons. The summed E-state index contributed by atoms with van der Waals surface area (Å²) in [6.07, 6.45) is 5.28. The Morgan fingerprint density at radius 3 is 2.10 bits per heavy atom. The number of anilines is 1. The molecule has 8 heteroatoms. The van der Waals surface area contributed by atoms with Gasteiger partial charge in [0, 0.05) is 17.3 Å². The fourth-order valence-corrected chi connectivity index (χ4v) is 3.58. The largest absolute Gasteiger partial charge is 0.497 e. The highest BCUT2D eigenvalue weighted by atomic mass is 32.1. The standard InChI is InChI=1S/C23H26N2O5S/c1-28-19-12-16(13-20(14-19)29-2)21(26)25-23(31)24-17-10-8-15(9-11-17)22(27)30-18-6-4-3-5-7-18/h8-14,18H,3-7H2,1-2H3,(H2,24,25,26,31). The third-order valence-electron chi connectivity index (χ3n) is 5.05. The molecule has 1 amide bonds. The predicted molar refractivity (Wildman–Crippen MR) is 122 cm³/mol. The van der Waals surface area contributed by atoms with E-state index in [0.717, 1.165) is 25.7 Å². The van der Waals surface area contributed by atoms with Gasteiger partial charge in [-0.2, -0.15) is 0 Å². The molecular formula is C23H26N2O5S. The number of carbonyl (C=O) groups excluding carboxylic acids is 2. The Morgan fingerprint density at radius 2 is 1.52 bits per heavy atom. The number of esters is 1. The summed E-state index contributed by atoms with van der Waals surface area (Å²) in [6, 6.07) is 11.6. The number of nitrogens with one attached hydrogen (secondary N) is 2. The van der Waals surface area contributed by atoms with E-state index >= 15 is 0 Å². The van der Waals surface area contributed by atoms with Crippen molar-refractivity contribution in [2.45, 2.75) is 38.2 Å². The summed E-state index contributed by atoms with van der Waals surface area (Å²) in [7, 11) is 3.02. The highest BCUT2D eigenvalue weighted by Gasteiger charge is 2.19. The second-order valence-corrected chi connectivity index (χ2v) is 7.66. The molecule has 3 rings (SSSR count). The Bertz CT molecular complexity index is 917. The SMILES string of the molecule is COc1cc(OC)cc(C(=O)NC(=S)Nc2ccc(C(=O)OC3CCCCC3)cc2)c1. The first-order valence-electron chi connectivity index (χ1n) is 10.1. The van der Waals surface area contributed by atoms with Gasteiger partial charge in [-0.05, 0) is 74.3 Å². The second-order valence-electron chi connectivity index (χ2n) is 7.25. The molecule has 1 fully saturated rings. The molecule has 0 aromatic heterocycles. The van der Waals surface area contributed by atoms with Gasteiger partial charge >= 0.3 is 5.97 Å². The van der Waals surface area contributed by atoms with Crippen molar-refractivity contribution < 1.29 is 23.8 Å². The van der Waals surface area contributed by atoms with E-state index in [-0.39, 0.29) is 17.2 Å². The summed E-state index contributed by atoms with van der Waals surface area (Å²) in [5.41, 5.74) is 1.47. The van der Waals surface area contributed by atoms with E-state index in [4.69, 9.17) is 26.4 Å². The first-order valence-corrected chi connectivity index (χ1v) is 10.6. The van der Waals surface area contributed by atoms with Crippen molar-refractivity contribution in [3.63, 3.8) is 0 Å². The Labute approximate surface area is 187 Å². The normalized spacial score (nSPS) is 13.7. The summed E-state index contributed by atoms with van der Waals surface area (Å²) in [6.45, 7) is 0. The lowest BCUT2D eigenvalue weighted by Gasteiger charge is -2.21. The summed E-state index contributed by atoms with van der Waals surface area (Å²) < 4.78 is 15.9. The number of amides is 1. The molecule has 7 nitrogen and oxygen atoms in total. The third-order valence-corrected chi connectivity index (χ3v) is 5.25. The number of benzene rings is 2. The van der Waals surface area contributed by atoms with Gasteiger partial charge in [0.1, 0.15) is 17.6 Å². The van der Waals surface area contributed by atoms with Gasteiger partial charge in [-0.1, -0.05) is 6.42 Å². The lowest BCUT2D eigenvalue weighted by Crippen LogP contribution is -2.34. The summed E-state index contributed by atoms with van der Waals surface area (Å²) in [4.78, 5) is 24.8. The molecule has 1 aliphatic rings. The Morgan fingerprint density at radius 1 is 0.903 bits per heavy atom. The number of hydrogen-bond donors (Lipinski definition) is 2. The van der Waals surface area contributed by atoms with Crippen LogP contribution in [0.1, 0.15) is 52.8 Å². The molecule has 2 aromatic rings. The van der Waals surface area contributed by atoms with Crippen LogP contribution in [0.25, 0.3) is 0 Å². The maximum atomic E-state index is 12.5. The van der Waals surface area contributed by atoms with Crippen LogP contribution >= 0.6 is 12.2 Å². The molecule has 0 radical (unpaired) electrons. The van der Waals surface area contributed by atoms with E-state index in [2.05, 4.69) is 10.6 Å². The quantitative estimate of drug-likeness (QED) is 0.509. The molecule has 2 N–H and O–H groups in total.